The van der Waals surface area contributed by atoms with Crippen LogP contribution in [0, 0.1) is 5.92 Å². The SMILES string of the molecule is Nc1nnc(-c2ccc(OCC3CN3CC3CC3)cc2)o1. The normalized spacial score (nSPS) is 24.0. The van der Waals surface area contributed by atoms with E-state index in [4.69, 9.17) is 14.9 Å². The number of hydrogen-bond donors (Lipinski definition) is 1. The molecule has 1 aliphatic carbocycles. The molecule has 0 radical (unpaired) electrons. The third-order valence-corrected chi connectivity index (χ3v) is 4.00. The number of nitrogens with two attached hydrogens (primary N) is 1. The molecule has 6 nitrogen and oxygen atoms in total. The Morgan fingerprint density at radius 1 is 1.24 bits per heavy atom. The van der Waals surface area contributed by atoms with E-state index in [1.807, 2.05) is 24.3 Å². The van der Waals surface area contributed by atoms with E-state index in [1.165, 1.54) is 25.9 Å². The Labute approximate surface area is 122 Å². The van der Waals surface area contributed by atoms with Gasteiger partial charge in [0.05, 0.1) is 6.04 Å². The summed E-state index contributed by atoms with van der Waals surface area (Å²) < 4.78 is 11.0. The van der Waals surface area contributed by atoms with Crippen LogP contribution in [0.2, 0.25) is 0 Å². The lowest BCUT2D eigenvalue weighted by Crippen LogP contribution is -2.12. The van der Waals surface area contributed by atoms with Crippen molar-refractivity contribution in [3.8, 4) is 17.2 Å². The standard InChI is InChI=1S/C15H18N4O2/c16-15-18-17-14(21-15)11-3-5-13(6-4-11)20-9-12-8-19(12)7-10-1-2-10/h3-6,10,12H,1-2,7-9H2,(H2,16,18). The molecule has 2 aliphatic rings. The van der Waals surface area contributed by atoms with Crippen LogP contribution in [0.25, 0.3) is 11.5 Å². The lowest BCUT2D eigenvalue weighted by atomic mass is 10.2. The van der Waals surface area contributed by atoms with E-state index < -0.39 is 0 Å². The van der Waals surface area contributed by atoms with Crippen LogP contribution < -0.4 is 10.5 Å². The van der Waals surface area contributed by atoms with E-state index in [0.717, 1.165) is 23.8 Å². The van der Waals surface area contributed by atoms with Crippen molar-refractivity contribution < 1.29 is 9.15 Å². The van der Waals surface area contributed by atoms with Crippen molar-refractivity contribution in [1.29, 1.82) is 0 Å². The third-order valence-electron chi connectivity index (χ3n) is 4.00. The molecule has 4 rings (SSSR count). The van der Waals surface area contributed by atoms with E-state index >= 15 is 0 Å². The summed E-state index contributed by atoms with van der Waals surface area (Å²) >= 11 is 0. The van der Waals surface area contributed by atoms with E-state index in [1.54, 1.807) is 0 Å². The summed E-state index contributed by atoms with van der Waals surface area (Å²) in [4.78, 5) is 2.49. The van der Waals surface area contributed by atoms with Crippen LogP contribution in [0.3, 0.4) is 0 Å². The minimum Gasteiger partial charge on any atom is -0.492 e. The number of nitrogen functional groups attached to an aromatic ring is 1. The molecule has 0 spiro atoms. The topological polar surface area (TPSA) is 77.2 Å². The number of hydrogen-bond acceptors (Lipinski definition) is 6. The highest BCUT2D eigenvalue weighted by Gasteiger charge is 2.38. The molecule has 1 saturated heterocycles. The van der Waals surface area contributed by atoms with Gasteiger partial charge in [-0.05, 0) is 43.0 Å². The van der Waals surface area contributed by atoms with Crippen molar-refractivity contribution in [3.63, 3.8) is 0 Å². The van der Waals surface area contributed by atoms with Crippen molar-refractivity contribution in [1.82, 2.24) is 15.1 Å². The average Bonchev–Trinajstić information content (AvgIpc) is 3.41. The van der Waals surface area contributed by atoms with Gasteiger partial charge in [0.1, 0.15) is 12.4 Å². The molecule has 2 aromatic rings. The van der Waals surface area contributed by atoms with Crippen LogP contribution >= 0.6 is 0 Å². The maximum absolute atomic E-state index is 5.83. The zero-order chi connectivity index (χ0) is 14.2. The first-order chi connectivity index (χ1) is 10.3. The molecule has 110 valence electrons. The van der Waals surface area contributed by atoms with Gasteiger partial charge in [0.2, 0.25) is 5.89 Å². The Bertz CT molecular complexity index is 621. The third kappa shape index (κ3) is 3.00. The van der Waals surface area contributed by atoms with Crippen LogP contribution in [0.4, 0.5) is 6.01 Å². The molecular weight excluding hydrogens is 268 g/mol. The first kappa shape index (κ1) is 12.6. The van der Waals surface area contributed by atoms with Crippen LogP contribution in [0.15, 0.2) is 28.7 Å². The summed E-state index contributed by atoms with van der Waals surface area (Å²) in [7, 11) is 0. The Kier molecular flexibility index (Phi) is 3.03. The molecule has 2 fully saturated rings. The number of benzene rings is 1. The van der Waals surface area contributed by atoms with Crippen LogP contribution in [0.1, 0.15) is 12.8 Å². The zero-order valence-electron chi connectivity index (χ0n) is 11.7. The quantitative estimate of drug-likeness (QED) is 0.816. The largest absolute Gasteiger partial charge is 0.492 e. The van der Waals surface area contributed by atoms with Crippen molar-refractivity contribution in [2.75, 3.05) is 25.4 Å². The second kappa shape index (κ2) is 5.04. The molecule has 2 atom stereocenters. The van der Waals surface area contributed by atoms with Crippen molar-refractivity contribution in [2.24, 2.45) is 5.92 Å². The predicted molar refractivity (Wildman–Crippen MR) is 77.7 cm³/mol. The second-order valence-electron chi connectivity index (χ2n) is 5.83. The summed E-state index contributed by atoms with van der Waals surface area (Å²) in [6.07, 6.45) is 2.82. The molecule has 0 bridgehead atoms. The molecule has 1 aliphatic heterocycles. The van der Waals surface area contributed by atoms with Crippen LogP contribution in [-0.4, -0.2) is 40.8 Å². The van der Waals surface area contributed by atoms with Gasteiger partial charge in [0, 0.05) is 18.7 Å². The highest BCUT2D eigenvalue weighted by Crippen LogP contribution is 2.33. The number of nitrogens with zero attached hydrogens (tertiary/aromatic N) is 3. The lowest BCUT2D eigenvalue weighted by Gasteiger charge is -2.06. The molecule has 2 heterocycles. The average molecular weight is 286 g/mol. The number of anilines is 1. The molecule has 21 heavy (non-hydrogen) atoms. The fourth-order valence-electron chi connectivity index (χ4n) is 2.47. The summed E-state index contributed by atoms with van der Waals surface area (Å²) in [5, 5.41) is 7.50. The maximum atomic E-state index is 5.83. The lowest BCUT2D eigenvalue weighted by molar-refractivity contribution is 0.292. The van der Waals surface area contributed by atoms with Gasteiger partial charge < -0.3 is 14.9 Å². The monoisotopic (exact) mass is 286 g/mol. The number of aromatic nitrogens is 2. The summed E-state index contributed by atoms with van der Waals surface area (Å²) in [6.45, 7) is 3.20. The molecule has 2 N–H and O–H groups in total. The van der Waals surface area contributed by atoms with Crippen molar-refractivity contribution in [2.45, 2.75) is 18.9 Å². The molecule has 2 unspecified atom stereocenters. The Hall–Kier alpha value is -2.08. The number of rotatable bonds is 6. The Morgan fingerprint density at radius 3 is 2.71 bits per heavy atom. The van der Waals surface area contributed by atoms with Crippen LogP contribution in [-0.2, 0) is 0 Å². The highest BCUT2D eigenvalue weighted by atomic mass is 16.5. The van der Waals surface area contributed by atoms with Gasteiger partial charge in [-0.15, -0.1) is 5.10 Å². The van der Waals surface area contributed by atoms with E-state index in [-0.39, 0.29) is 6.01 Å². The first-order valence-electron chi connectivity index (χ1n) is 7.34. The van der Waals surface area contributed by atoms with Crippen molar-refractivity contribution >= 4 is 6.01 Å². The van der Waals surface area contributed by atoms with Gasteiger partial charge in [0.15, 0.2) is 0 Å². The van der Waals surface area contributed by atoms with E-state index in [2.05, 4.69) is 15.1 Å². The predicted octanol–water partition coefficient (Wildman–Crippen LogP) is 1.79. The summed E-state index contributed by atoms with van der Waals surface area (Å²) in [5.74, 6) is 2.25. The van der Waals surface area contributed by atoms with Gasteiger partial charge in [-0.2, -0.15) is 0 Å². The molecule has 1 aromatic carbocycles. The van der Waals surface area contributed by atoms with Gasteiger partial charge in [0.25, 0.3) is 0 Å². The molecule has 1 saturated carbocycles. The molecule has 6 heteroatoms. The second-order valence-corrected chi connectivity index (χ2v) is 5.83. The maximum Gasteiger partial charge on any atom is 0.313 e. The first-order valence-corrected chi connectivity index (χ1v) is 7.34. The van der Waals surface area contributed by atoms with Crippen molar-refractivity contribution in [3.05, 3.63) is 24.3 Å². The summed E-state index contributed by atoms with van der Waals surface area (Å²) in [5.41, 5.74) is 6.26. The minimum absolute atomic E-state index is 0.0785. The fourth-order valence-corrected chi connectivity index (χ4v) is 2.47. The number of ether oxygens (including phenoxy) is 1. The molecule has 1 aromatic heterocycles. The molecular formula is C15H18N4O2. The molecule has 0 amide bonds. The van der Waals surface area contributed by atoms with E-state index in [9.17, 15) is 0 Å². The minimum atomic E-state index is 0.0785. The van der Waals surface area contributed by atoms with Gasteiger partial charge in [-0.1, -0.05) is 5.10 Å². The fraction of sp³-hybridized carbons (Fsp3) is 0.467. The Morgan fingerprint density at radius 2 is 2.05 bits per heavy atom. The van der Waals surface area contributed by atoms with Gasteiger partial charge in [-0.3, -0.25) is 4.90 Å². The Balaban J connectivity index is 1.30. The van der Waals surface area contributed by atoms with E-state index in [0.29, 0.717) is 11.9 Å². The van der Waals surface area contributed by atoms with Gasteiger partial charge >= 0.3 is 6.01 Å². The zero-order valence-corrected chi connectivity index (χ0v) is 11.7. The smallest absolute Gasteiger partial charge is 0.313 e. The summed E-state index contributed by atoms with van der Waals surface area (Å²) in [6, 6.07) is 8.32. The highest BCUT2D eigenvalue weighted by molar-refractivity contribution is 5.54. The van der Waals surface area contributed by atoms with Gasteiger partial charge in [-0.25, -0.2) is 0 Å². The van der Waals surface area contributed by atoms with Crippen LogP contribution in [0.5, 0.6) is 5.75 Å².